The van der Waals surface area contributed by atoms with Gasteiger partial charge in [-0.25, -0.2) is 0 Å². The molecule has 6 nitrogen and oxygen atoms in total. The molecule has 1 saturated heterocycles. The highest BCUT2D eigenvalue weighted by Gasteiger charge is 2.28. The lowest BCUT2D eigenvalue weighted by Crippen LogP contribution is -2.44. The van der Waals surface area contributed by atoms with Gasteiger partial charge in [0.1, 0.15) is 5.75 Å². The predicted molar refractivity (Wildman–Crippen MR) is 109 cm³/mol. The van der Waals surface area contributed by atoms with Crippen molar-refractivity contribution in [2.24, 2.45) is 4.99 Å². The first kappa shape index (κ1) is 23.8. The summed E-state index contributed by atoms with van der Waals surface area (Å²) in [7, 11) is 1.67. The number of hydrogen-bond donors (Lipinski definition) is 2. The Morgan fingerprint density at radius 2 is 2.00 bits per heavy atom. The second-order valence-electron chi connectivity index (χ2n) is 5.86. The largest absolute Gasteiger partial charge is 0.484 e. The van der Waals surface area contributed by atoms with Crippen LogP contribution in [0.5, 0.6) is 5.75 Å². The van der Waals surface area contributed by atoms with Gasteiger partial charge < -0.3 is 20.1 Å². The summed E-state index contributed by atoms with van der Waals surface area (Å²) in [5.74, 6) is 0.830. The lowest BCUT2D eigenvalue weighted by atomic mass is 10.2. The molecule has 27 heavy (non-hydrogen) atoms. The van der Waals surface area contributed by atoms with Gasteiger partial charge in [-0.2, -0.15) is 13.2 Å². The van der Waals surface area contributed by atoms with Gasteiger partial charge in [-0.3, -0.25) is 9.89 Å². The third-order valence-corrected chi connectivity index (χ3v) is 3.81. The molecular formula is C17H26F3IN4O2. The molecule has 1 heterocycles. The van der Waals surface area contributed by atoms with Crippen LogP contribution < -0.4 is 15.4 Å². The van der Waals surface area contributed by atoms with Gasteiger partial charge in [0.2, 0.25) is 0 Å². The molecule has 1 aliphatic heterocycles. The molecular weight excluding hydrogens is 476 g/mol. The van der Waals surface area contributed by atoms with Gasteiger partial charge in [0.05, 0.1) is 13.2 Å². The maximum absolute atomic E-state index is 12.2. The van der Waals surface area contributed by atoms with E-state index >= 15 is 0 Å². The van der Waals surface area contributed by atoms with E-state index in [1.54, 1.807) is 19.2 Å². The fourth-order valence-electron chi connectivity index (χ4n) is 2.47. The molecule has 1 aromatic carbocycles. The Morgan fingerprint density at radius 1 is 1.26 bits per heavy atom. The molecule has 0 spiro atoms. The first-order chi connectivity index (χ1) is 12.5. The highest BCUT2D eigenvalue weighted by Crippen LogP contribution is 2.19. The van der Waals surface area contributed by atoms with Crippen LogP contribution in [0.1, 0.15) is 5.56 Å². The molecule has 0 unspecified atom stereocenters. The van der Waals surface area contributed by atoms with Gasteiger partial charge in [-0.15, -0.1) is 24.0 Å². The van der Waals surface area contributed by atoms with Crippen LogP contribution in [0.3, 0.4) is 0 Å². The van der Waals surface area contributed by atoms with Crippen LogP contribution in [0.2, 0.25) is 0 Å². The number of morpholine rings is 1. The molecule has 0 amide bonds. The molecule has 0 radical (unpaired) electrons. The fourth-order valence-corrected chi connectivity index (χ4v) is 2.47. The second-order valence-corrected chi connectivity index (χ2v) is 5.86. The van der Waals surface area contributed by atoms with Crippen molar-refractivity contribution >= 4 is 29.9 Å². The minimum absolute atomic E-state index is 0. The van der Waals surface area contributed by atoms with Crippen molar-refractivity contribution in [3.63, 3.8) is 0 Å². The van der Waals surface area contributed by atoms with Crippen LogP contribution in [0.15, 0.2) is 29.3 Å². The number of hydrogen-bond acceptors (Lipinski definition) is 4. The molecule has 1 aliphatic rings. The van der Waals surface area contributed by atoms with Crippen molar-refractivity contribution in [1.29, 1.82) is 0 Å². The third-order valence-electron chi connectivity index (χ3n) is 3.81. The van der Waals surface area contributed by atoms with E-state index in [0.29, 0.717) is 12.5 Å². The monoisotopic (exact) mass is 502 g/mol. The van der Waals surface area contributed by atoms with E-state index in [0.717, 1.165) is 45.0 Å². The Bertz CT molecular complexity index is 582. The van der Waals surface area contributed by atoms with Crippen LogP contribution in [-0.2, 0) is 11.3 Å². The fraction of sp³-hybridized carbons (Fsp3) is 0.588. The summed E-state index contributed by atoms with van der Waals surface area (Å²) in [6.07, 6.45) is -4.35. The maximum atomic E-state index is 12.2. The summed E-state index contributed by atoms with van der Waals surface area (Å²) in [6, 6.07) is 6.57. The lowest BCUT2D eigenvalue weighted by molar-refractivity contribution is -0.153. The van der Waals surface area contributed by atoms with Crippen LogP contribution in [0, 0.1) is 0 Å². The zero-order valence-electron chi connectivity index (χ0n) is 15.2. The molecule has 0 aliphatic carbocycles. The van der Waals surface area contributed by atoms with Gasteiger partial charge in [0.15, 0.2) is 12.6 Å². The minimum Gasteiger partial charge on any atom is -0.484 e. The molecule has 2 rings (SSSR count). The zero-order valence-corrected chi connectivity index (χ0v) is 17.5. The molecule has 154 valence electrons. The van der Waals surface area contributed by atoms with E-state index in [2.05, 4.69) is 20.5 Å². The molecule has 0 bridgehead atoms. The SMILES string of the molecule is CN=C(NCCN1CCOCC1)NCc1cccc(OCC(F)(F)F)c1.I. The van der Waals surface area contributed by atoms with Crippen molar-refractivity contribution in [2.45, 2.75) is 12.7 Å². The Labute approximate surface area is 174 Å². The van der Waals surface area contributed by atoms with Crippen molar-refractivity contribution in [3.8, 4) is 5.75 Å². The first-order valence-corrected chi connectivity index (χ1v) is 8.49. The number of alkyl halides is 3. The molecule has 0 atom stereocenters. The normalized spacial score (nSPS) is 15.8. The highest BCUT2D eigenvalue weighted by atomic mass is 127. The van der Waals surface area contributed by atoms with Gasteiger partial charge in [0, 0.05) is 39.8 Å². The van der Waals surface area contributed by atoms with E-state index in [4.69, 9.17) is 9.47 Å². The number of aliphatic imine (C=N–C) groups is 1. The molecule has 2 N–H and O–H groups in total. The number of nitrogens with one attached hydrogen (secondary N) is 2. The number of nitrogens with zero attached hydrogens (tertiary/aromatic N) is 2. The van der Waals surface area contributed by atoms with Crippen molar-refractivity contribution in [3.05, 3.63) is 29.8 Å². The Kier molecular flexibility index (Phi) is 10.8. The van der Waals surface area contributed by atoms with E-state index < -0.39 is 12.8 Å². The predicted octanol–water partition coefficient (Wildman–Crippen LogP) is 2.24. The third kappa shape index (κ3) is 10.0. The summed E-state index contributed by atoms with van der Waals surface area (Å²) < 4.78 is 46.7. The Morgan fingerprint density at radius 3 is 2.67 bits per heavy atom. The van der Waals surface area contributed by atoms with E-state index in [1.807, 2.05) is 6.07 Å². The van der Waals surface area contributed by atoms with E-state index in [-0.39, 0.29) is 29.7 Å². The molecule has 10 heteroatoms. The van der Waals surface area contributed by atoms with Gasteiger partial charge in [-0.1, -0.05) is 12.1 Å². The van der Waals surface area contributed by atoms with Gasteiger partial charge in [-0.05, 0) is 17.7 Å². The van der Waals surface area contributed by atoms with E-state index in [9.17, 15) is 13.2 Å². The van der Waals surface area contributed by atoms with Crippen molar-refractivity contribution < 1.29 is 22.6 Å². The maximum Gasteiger partial charge on any atom is 0.422 e. The highest BCUT2D eigenvalue weighted by molar-refractivity contribution is 14.0. The molecule has 1 fully saturated rings. The standard InChI is InChI=1S/C17H25F3N4O2.HI/c1-21-16(22-5-6-24-7-9-25-10-8-24)23-12-14-3-2-4-15(11-14)26-13-17(18,19)20;/h2-4,11H,5-10,12-13H2,1H3,(H2,21,22,23);1H. The van der Waals surface area contributed by atoms with Crippen LogP contribution >= 0.6 is 24.0 Å². The number of guanidine groups is 1. The number of ether oxygens (including phenoxy) is 2. The van der Waals surface area contributed by atoms with E-state index in [1.165, 1.54) is 6.07 Å². The summed E-state index contributed by atoms with van der Waals surface area (Å²) in [5.41, 5.74) is 0.806. The first-order valence-electron chi connectivity index (χ1n) is 8.49. The second kappa shape index (κ2) is 12.2. The van der Waals surface area contributed by atoms with Gasteiger partial charge >= 0.3 is 6.18 Å². The Hall–Kier alpha value is -1.27. The topological polar surface area (TPSA) is 58.1 Å². The molecule has 0 saturated carbocycles. The quantitative estimate of drug-likeness (QED) is 0.341. The molecule has 0 aromatic heterocycles. The number of benzene rings is 1. The lowest BCUT2D eigenvalue weighted by Gasteiger charge is -2.26. The minimum atomic E-state index is -4.35. The summed E-state index contributed by atoms with van der Waals surface area (Å²) in [5, 5.41) is 6.36. The zero-order chi connectivity index (χ0) is 18.8. The molecule has 1 aromatic rings. The summed E-state index contributed by atoms with van der Waals surface area (Å²) >= 11 is 0. The average molecular weight is 502 g/mol. The smallest absolute Gasteiger partial charge is 0.422 e. The van der Waals surface area contributed by atoms with Crippen LogP contribution in [0.4, 0.5) is 13.2 Å². The van der Waals surface area contributed by atoms with Crippen LogP contribution in [0.25, 0.3) is 0 Å². The summed E-state index contributed by atoms with van der Waals surface area (Å²) in [6.45, 7) is 4.16. The van der Waals surface area contributed by atoms with Crippen LogP contribution in [-0.4, -0.2) is 70.1 Å². The van der Waals surface area contributed by atoms with Crippen molar-refractivity contribution in [2.75, 3.05) is 53.0 Å². The number of rotatable bonds is 7. The van der Waals surface area contributed by atoms with Crippen molar-refractivity contribution in [1.82, 2.24) is 15.5 Å². The summed E-state index contributed by atoms with van der Waals surface area (Å²) in [4.78, 5) is 6.46. The van der Waals surface area contributed by atoms with Gasteiger partial charge in [0.25, 0.3) is 0 Å². The average Bonchev–Trinajstić information content (AvgIpc) is 2.63. The Balaban J connectivity index is 0.00000364. The number of halogens is 4.